The molecule has 12 heteroatoms. The Labute approximate surface area is 269 Å². The molecule has 1 aliphatic carbocycles. The van der Waals surface area contributed by atoms with Crippen LogP contribution in [0.25, 0.3) is 11.1 Å². The number of fused-ring (bicyclic) bond motifs is 3. The smallest absolute Gasteiger partial charge is 0.407 e. The van der Waals surface area contributed by atoms with E-state index in [9.17, 15) is 14.7 Å². The number of urea groups is 1. The summed E-state index contributed by atoms with van der Waals surface area (Å²) in [5.74, 6) is 0.784. The first kappa shape index (κ1) is 32.1. The van der Waals surface area contributed by atoms with Crippen LogP contribution in [0.1, 0.15) is 38.7 Å². The zero-order valence-electron chi connectivity index (χ0n) is 26.9. The van der Waals surface area contributed by atoms with Gasteiger partial charge in [0.05, 0.1) is 31.4 Å². The van der Waals surface area contributed by atoms with Crippen LogP contribution in [0.15, 0.2) is 52.9 Å². The Hall–Kier alpha value is -3.87. The van der Waals surface area contributed by atoms with E-state index in [-0.39, 0.29) is 30.9 Å². The maximum Gasteiger partial charge on any atom is 0.407 e. The van der Waals surface area contributed by atoms with Crippen molar-refractivity contribution >= 4 is 34.9 Å². The van der Waals surface area contributed by atoms with Gasteiger partial charge in [0.2, 0.25) is 0 Å². The number of rotatable bonds is 12. The number of anilines is 2. The highest BCUT2D eigenvalue weighted by atomic mass is 16.7. The van der Waals surface area contributed by atoms with Gasteiger partial charge in [-0.15, -0.1) is 0 Å². The van der Waals surface area contributed by atoms with E-state index in [0.29, 0.717) is 54.2 Å². The Morgan fingerprint density at radius 2 is 1.93 bits per heavy atom. The van der Waals surface area contributed by atoms with Crippen LogP contribution in [-0.4, -0.2) is 91.6 Å². The Bertz CT molecular complexity index is 1490. The summed E-state index contributed by atoms with van der Waals surface area (Å²) >= 11 is 0. The molecule has 12 nitrogen and oxygen atoms in total. The van der Waals surface area contributed by atoms with Crippen LogP contribution in [0.3, 0.4) is 0 Å². The minimum Gasteiger partial charge on any atom is -0.443 e. The summed E-state index contributed by atoms with van der Waals surface area (Å²) in [7, 11) is 3.43. The van der Waals surface area contributed by atoms with Gasteiger partial charge in [-0.2, -0.15) is 4.98 Å². The molecule has 2 aromatic carbocycles. The molecule has 2 aliphatic heterocycles. The number of hydrogen-bond acceptors (Lipinski definition) is 9. The van der Waals surface area contributed by atoms with E-state index in [4.69, 9.17) is 18.6 Å². The summed E-state index contributed by atoms with van der Waals surface area (Å²) < 4.78 is 23.4. The van der Waals surface area contributed by atoms with E-state index in [1.54, 1.807) is 42.1 Å². The van der Waals surface area contributed by atoms with Gasteiger partial charge in [0.25, 0.3) is 6.01 Å². The summed E-state index contributed by atoms with van der Waals surface area (Å²) in [4.78, 5) is 34.9. The Kier molecular flexibility index (Phi) is 9.67. The zero-order chi connectivity index (χ0) is 32.4. The average molecular weight is 636 g/mol. The lowest BCUT2D eigenvalue weighted by Gasteiger charge is -2.37. The van der Waals surface area contributed by atoms with Gasteiger partial charge >= 0.3 is 12.1 Å². The molecule has 0 spiro atoms. The van der Waals surface area contributed by atoms with Crippen LogP contribution in [-0.2, 0) is 20.6 Å². The summed E-state index contributed by atoms with van der Waals surface area (Å²) in [5, 5.41) is 17.5. The summed E-state index contributed by atoms with van der Waals surface area (Å²) in [6, 6.07) is 14.4. The number of aromatic nitrogens is 1. The summed E-state index contributed by atoms with van der Waals surface area (Å²) in [6.07, 6.45) is 0.355. The highest BCUT2D eigenvalue weighted by Crippen LogP contribution is 2.46. The van der Waals surface area contributed by atoms with Crippen LogP contribution in [0.5, 0.6) is 0 Å². The van der Waals surface area contributed by atoms with Crippen LogP contribution in [0.2, 0.25) is 0 Å². The van der Waals surface area contributed by atoms with Crippen molar-refractivity contribution in [1.29, 1.82) is 0 Å². The van der Waals surface area contributed by atoms with Crippen LogP contribution < -0.4 is 15.5 Å². The van der Waals surface area contributed by atoms with Crippen molar-refractivity contribution in [2.75, 3.05) is 44.0 Å². The van der Waals surface area contributed by atoms with Crippen LogP contribution >= 0.6 is 0 Å². The Balaban J connectivity index is 1.17. The molecular weight excluding hydrogens is 590 g/mol. The molecule has 3 aliphatic rings. The van der Waals surface area contributed by atoms with Crippen LogP contribution in [0, 0.1) is 17.8 Å². The number of oxazole rings is 1. The standard InChI is InChI=1S/C34H45N5O7/c1-20(2)12-13-39(34(42)38(4)24-10-11-28-26(17-24)36-32(35-3)45-28)18-27(40)25(14-21-8-6-5-7-9-21)37-33(41)46-30-23-15-22-16-29(30)44-31(22)43-19-23/h5-11,17,20,22-23,25,27,29-31,40H,12-16,18-19H2,1-4H3,(H,35,36)(H,37,41)/t22?,23?,25-,27+,29?,30?,31?/m0/s1. The monoisotopic (exact) mass is 635 g/mol. The van der Waals surface area contributed by atoms with E-state index in [1.807, 2.05) is 30.3 Å². The predicted molar refractivity (Wildman–Crippen MR) is 173 cm³/mol. The maximum atomic E-state index is 13.9. The minimum atomic E-state index is -1.08. The van der Waals surface area contributed by atoms with Crippen LogP contribution in [0.4, 0.5) is 21.3 Å². The van der Waals surface area contributed by atoms with E-state index < -0.39 is 24.3 Å². The number of aliphatic hydroxyl groups is 1. The predicted octanol–water partition coefficient (Wildman–Crippen LogP) is 4.62. The Morgan fingerprint density at radius 1 is 1.13 bits per heavy atom. The molecule has 6 rings (SSSR count). The third-order valence-corrected chi connectivity index (χ3v) is 9.36. The molecule has 3 aromatic rings. The summed E-state index contributed by atoms with van der Waals surface area (Å²) in [5.41, 5.74) is 2.81. The van der Waals surface area contributed by atoms with E-state index in [0.717, 1.165) is 24.8 Å². The molecular formula is C34H45N5O7. The number of carbonyl (C=O) groups excluding carboxylic acids is 2. The molecule has 3 bridgehead atoms. The Morgan fingerprint density at radius 3 is 2.70 bits per heavy atom. The second-order valence-electron chi connectivity index (χ2n) is 13.1. The topological polar surface area (TPSA) is 139 Å². The molecule has 3 heterocycles. The number of aliphatic hydroxyl groups excluding tert-OH is 1. The molecule has 3 amide bonds. The van der Waals surface area contributed by atoms with Gasteiger partial charge in [-0.25, -0.2) is 9.59 Å². The molecule has 1 saturated carbocycles. The van der Waals surface area contributed by atoms with E-state index in [1.165, 1.54) is 0 Å². The first-order chi connectivity index (χ1) is 22.2. The van der Waals surface area contributed by atoms with Gasteiger partial charge in [-0.1, -0.05) is 44.2 Å². The maximum absolute atomic E-state index is 13.9. The van der Waals surface area contributed by atoms with Gasteiger partial charge in [0.15, 0.2) is 11.9 Å². The van der Waals surface area contributed by atoms with Crippen molar-refractivity contribution in [3.8, 4) is 0 Å². The fourth-order valence-electron chi connectivity index (χ4n) is 6.77. The molecule has 1 aromatic heterocycles. The van der Waals surface area contributed by atoms with E-state index in [2.05, 4.69) is 29.5 Å². The fourth-order valence-corrected chi connectivity index (χ4v) is 6.77. The quantitative estimate of drug-likeness (QED) is 0.260. The van der Waals surface area contributed by atoms with Gasteiger partial charge < -0.3 is 39.3 Å². The number of ether oxygens (including phenoxy) is 3. The van der Waals surface area contributed by atoms with Gasteiger partial charge in [0, 0.05) is 38.2 Å². The third kappa shape index (κ3) is 7.08. The SMILES string of the molecule is CNc1nc2cc(N(C)C(=O)N(CCC(C)C)C[C@@H](O)[C@H](Cc3ccccc3)NC(=O)OC3C4COC5OC3CC5C4)ccc2o1. The van der Waals surface area contributed by atoms with Gasteiger partial charge in [0.1, 0.15) is 11.6 Å². The minimum absolute atomic E-state index is 0.0127. The average Bonchev–Trinajstić information content (AvgIpc) is 3.60. The van der Waals surface area contributed by atoms with Crippen molar-refractivity contribution < 1.29 is 33.3 Å². The number of nitrogens with one attached hydrogen (secondary N) is 2. The van der Waals surface area contributed by atoms with Crippen molar-refractivity contribution in [3.05, 3.63) is 54.1 Å². The molecule has 3 N–H and O–H groups in total. The number of amides is 3. The second kappa shape index (κ2) is 13.9. The van der Waals surface area contributed by atoms with Gasteiger partial charge in [-0.05, 0) is 55.4 Å². The molecule has 3 fully saturated rings. The first-order valence-corrected chi connectivity index (χ1v) is 16.3. The van der Waals surface area contributed by atoms with Gasteiger partial charge in [-0.3, -0.25) is 4.90 Å². The second-order valence-corrected chi connectivity index (χ2v) is 13.1. The molecule has 248 valence electrons. The lowest BCUT2D eigenvalue weighted by molar-refractivity contribution is -0.153. The highest BCUT2D eigenvalue weighted by molar-refractivity contribution is 5.93. The molecule has 0 radical (unpaired) electrons. The largest absolute Gasteiger partial charge is 0.443 e. The number of hydrogen-bond donors (Lipinski definition) is 3. The third-order valence-electron chi connectivity index (χ3n) is 9.36. The zero-order valence-corrected chi connectivity index (χ0v) is 26.9. The fraction of sp³-hybridized carbons (Fsp3) is 0.559. The van der Waals surface area contributed by atoms with Crippen molar-refractivity contribution in [3.63, 3.8) is 0 Å². The molecule has 7 atom stereocenters. The van der Waals surface area contributed by atoms with E-state index >= 15 is 0 Å². The summed E-state index contributed by atoms with van der Waals surface area (Å²) in [6.45, 7) is 5.14. The van der Waals surface area contributed by atoms with Crippen molar-refractivity contribution in [2.45, 2.75) is 70.2 Å². The molecule has 2 saturated heterocycles. The number of alkyl carbamates (subject to hydrolysis) is 1. The van der Waals surface area contributed by atoms with Crippen molar-refractivity contribution in [2.24, 2.45) is 17.8 Å². The highest BCUT2D eigenvalue weighted by Gasteiger charge is 2.53. The van der Waals surface area contributed by atoms with Crippen molar-refractivity contribution in [1.82, 2.24) is 15.2 Å². The normalized spacial score (nSPS) is 24.5. The number of carbonyl (C=O) groups is 2. The molecule has 46 heavy (non-hydrogen) atoms. The number of nitrogens with zero attached hydrogens (tertiary/aromatic N) is 3. The first-order valence-electron chi connectivity index (χ1n) is 16.3. The molecule has 5 unspecified atom stereocenters. The lowest BCUT2D eigenvalue weighted by atomic mass is 9.78. The lowest BCUT2D eigenvalue weighted by Crippen LogP contribution is -2.54. The number of benzene rings is 2.